The average Bonchev–Trinajstić information content (AvgIpc) is 3.51. The van der Waals surface area contributed by atoms with Crippen LogP contribution in [-0.2, 0) is 9.59 Å². The molecule has 1 aromatic carbocycles. The van der Waals surface area contributed by atoms with Crippen LogP contribution in [0.15, 0.2) is 36.7 Å². The quantitative estimate of drug-likeness (QED) is 0.213. The number of halogens is 1. The minimum absolute atomic E-state index is 0.0499. The van der Waals surface area contributed by atoms with E-state index in [9.17, 15) is 23.9 Å². The number of amides is 1. The van der Waals surface area contributed by atoms with Gasteiger partial charge in [-0.05, 0) is 70.8 Å². The van der Waals surface area contributed by atoms with Crippen molar-refractivity contribution in [3.63, 3.8) is 0 Å². The number of hydrogen-bond donors (Lipinski definition) is 3. The maximum absolute atomic E-state index is 14.3. The number of carboxylic acids is 2. The van der Waals surface area contributed by atoms with E-state index in [1.54, 1.807) is 4.90 Å². The predicted molar refractivity (Wildman–Crippen MR) is 190 cm³/mol. The SMILES string of the molecule is CCN(CC)C[C@H](O)C[C@H](C(C)C)N1CC2(CCN(c3ncnnc3Oc3ccc(F)cc3C(=O)N(CC)C(C)C)C2)C1.O=C(O)/C=C/C(=O)O. The normalized spacial score (nSPS) is 16.7. The fourth-order valence-electron chi connectivity index (χ4n) is 6.84. The number of ether oxygens (including phenoxy) is 1. The van der Waals surface area contributed by atoms with E-state index < -0.39 is 17.8 Å². The highest BCUT2D eigenvalue weighted by Crippen LogP contribution is 2.44. The van der Waals surface area contributed by atoms with Crippen LogP contribution in [-0.4, -0.2) is 134 Å². The maximum Gasteiger partial charge on any atom is 0.328 e. The van der Waals surface area contributed by atoms with E-state index in [2.05, 4.69) is 57.6 Å². The number of rotatable bonds is 16. The summed E-state index contributed by atoms with van der Waals surface area (Å²) in [4.78, 5) is 45.6. The molecule has 4 rings (SSSR count). The molecule has 3 heterocycles. The molecular weight excluding hydrogens is 661 g/mol. The monoisotopic (exact) mass is 715 g/mol. The molecule has 1 amide bonds. The minimum Gasteiger partial charge on any atom is -0.478 e. The summed E-state index contributed by atoms with van der Waals surface area (Å²) in [6, 6.07) is 4.23. The Labute approximate surface area is 299 Å². The van der Waals surface area contributed by atoms with Gasteiger partial charge in [-0.1, -0.05) is 27.7 Å². The highest BCUT2D eigenvalue weighted by molar-refractivity contribution is 5.97. The Hall–Kier alpha value is -4.21. The van der Waals surface area contributed by atoms with E-state index in [1.807, 2.05) is 20.8 Å². The number of carbonyl (C=O) groups is 3. The molecule has 3 N–H and O–H groups in total. The molecule has 0 radical (unpaired) electrons. The molecule has 0 saturated carbocycles. The Kier molecular flexibility index (Phi) is 15.2. The first kappa shape index (κ1) is 41.2. The Bertz CT molecular complexity index is 1480. The number of carbonyl (C=O) groups excluding carboxylic acids is 1. The lowest BCUT2D eigenvalue weighted by molar-refractivity contribution is -0.134. The average molecular weight is 716 g/mol. The van der Waals surface area contributed by atoms with Crippen molar-refractivity contribution in [1.82, 2.24) is 29.9 Å². The second-order valence-corrected chi connectivity index (χ2v) is 13.8. The maximum atomic E-state index is 14.3. The highest BCUT2D eigenvalue weighted by atomic mass is 19.1. The van der Waals surface area contributed by atoms with Gasteiger partial charge in [0.2, 0.25) is 0 Å². The molecule has 2 aliphatic heterocycles. The van der Waals surface area contributed by atoms with Crippen molar-refractivity contribution in [2.75, 3.05) is 57.3 Å². The number of likely N-dealkylation sites (tertiary alicyclic amines) is 1. The lowest BCUT2D eigenvalue weighted by Crippen LogP contribution is -2.62. The Morgan fingerprint density at radius 2 is 1.67 bits per heavy atom. The fourth-order valence-corrected chi connectivity index (χ4v) is 6.84. The van der Waals surface area contributed by atoms with Crippen molar-refractivity contribution in [3.05, 3.63) is 48.1 Å². The molecule has 1 aromatic heterocycles. The number of carboxylic acid groups (broad SMARTS) is 2. The van der Waals surface area contributed by atoms with Crippen molar-refractivity contribution in [2.24, 2.45) is 11.3 Å². The number of aliphatic hydroxyl groups excluding tert-OH is 1. The molecule has 0 bridgehead atoms. The van der Waals surface area contributed by atoms with Gasteiger partial charge in [-0.2, -0.15) is 0 Å². The summed E-state index contributed by atoms with van der Waals surface area (Å²) in [7, 11) is 0. The molecule has 2 saturated heterocycles. The first-order chi connectivity index (χ1) is 24.1. The van der Waals surface area contributed by atoms with Gasteiger partial charge in [0, 0.05) is 68.9 Å². The third-order valence-corrected chi connectivity index (χ3v) is 9.47. The zero-order valence-electron chi connectivity index (χ0n) is 30.8. The number of benzene rings is 1. The van der Waals surface area contributed by atoms with Crippen LogP contribution in [0.25, 0.3) is 0 Å². The minimum atomic E-state index is -1.26. The van der Waals surface area contributed by atoms with Crippen molar-refractivity contribution < 1.29 is 38.8 Å². The van der Waals surface area contributed by atoms with E-state index in [-0.39, 0.29) is 40.7 Å². The van der Waals surface area contributed by atoms with Crippen LogP contribution in [0.4, 0.5) is 10.2 Å². The Balaban J connectivity index is 0.000000783. The molecule has 14 nitrogen and oxygen atoms in total. The molecule has 2 aromatic rings. The molecule has 0 unspecified atom stereocenters. The topological polar surface area (TPSA) is 173 Å². The summed E-state index contributed by atoms with van der Waals surface area (Å²) in [6.07, 6.45) is 3.96. The van der Waals surface area contributed by atoms with Crippen LogP contribution in [0.2, 0.25) is 0 Å². The standard InChI is InChI=1S/C32H50FN7O3.C4H4O4/c1-8-37(9-2)17-25(41)16-27(22(4)5)39-19-32(20-39)13-14-38(18-32)29-30(36-35-21-34-29)43-28-12-11-24(33)15-26(28)31(42)40(10-3)23(6)7;5-3(6)1-2-4(7)8/h11-12,15,21-23,25,27,41H,8-10,13-14,16-20H2,1-7H3;1-2H,(H,5,6)(H,7,8)/b;2-1+/t25-,27-;/m1./s1. The highest BCUT2D eigenvalue weighted by Gasteiger charge is 2.50. The third kappa shape index (κ3) is 11.4. The van der Waals surface area contributed by atoms with Gasteiger partial charge in [-0.25, -0.2) is 19.0 Å². The molecule has 0 aliphatic carbocycles. The van der Waals surface area contributed by atoms with Crippen molar-refractivity contribution in [2.45, 2.75) is 79.5 Å². The fraction of sp³-hybridized carbons (Fsp3) is 0.611. The molecule has 282 valence electrons. The Morgan fingerprint density at radius 3 is 2.22 bits per heavy atom. The lowest BCUT2D eigenvalue weighted by atomic mass is 9.76. The summed E-state index contributed by atoms with van der Waals surface area (Å²) in [6.45, 7) is 21.1. The molecule has 2 aliphatic rings. The predicted octanol–water partition coefficient (Wildman–Crippen LogP) is 4.01. The van der Waals surface area contributed by atoms with Gasteiger partial charge in [-0.15, -0.1) is 10.2 Å². The van der Waals surface area contributed by atoms with Gasteiger partial charge in [0.15, 0.2) is 5.82 Å². The van der Waals surface area contributed by atoms with Crippen LogP contribution in [0, 0.1) is 17.2 Å². The summed E-state index contributed by atoms with van der Waals surface area (Å²) >= 11 is 0. The molecule has 1 spiro atoms. The number of aliphatic hydroxyl groups is 1. The van der Waals surface area contributed by atoms with Crippen molar-refractivity contribution in [1.29, 1.82) is 0 Å². The van der Waals surface area contributed by atoms with Gasteiger partial charge in [0.05, 0.1) is 11.7 Å². The van der Waals surface area contributed by atoms with Crippen LogP contribution >= 0.6 is 0 Å². The smallest absolute Gasteiger partial charge is 0.328 e. The number of aromatic nitrogens is 3. The van der Waals surface area contributed by atoms with E-state index in [4.69, 9.17) is 14.9 Å². The number of likely N-dealkylation sites (N-methyl/N-ethyl adjacent to an activating group) is 1. The first-order valence-electron chi connectivity index (χ1n) is 17.6. The Morgan fingerprint density at radius 1 is 1.02 bits per heavy atom. The van der Waals surface area contributed by atoms with E-state index in [0.717, 1.165) is 52.1 Å². The zero-order valence-corrected chi connectivity index (χ0v) is 30.8. The molecule has 15 heteroatoms. The lowest BCUT2D eigenvalue weighted by Gasteiger charge is -2.53. The number of hydrogen-bond acceptors (Lipinski definition) is 11. The van der Waals surface area contributed by atoms with Gasteiger partial charge in [0.25, 0.3) is 11.8 Å². The summed E-state index contributed by atoms with van der Waals surface area (Å²) in [5.74, 6) is -1.89. The molecular formula is C36H54FN7O7. The van der Waals surface area contributed by atoms with Crippen LogP contribution in [0.3, 0.4) is 0 Å². The summed E-state index contributed by atoms with van der Waals surface area (Å²) in [5, 5.41) is 34.7. The molecule has 2 atom stereocenters. The number of anilines is 1. The number of nitrogens with zero attached hydrogens (tertiary/aromatic N) is 7. The van der Waals surface area contributed by atoms with Crippen LogP contribution in [0.5, 0.6) is 11.6 Å². The zero-order chi connectivity index (χ0) is 37.9. The summed E-state index contributed by atoms with van der Waals surface area (Å²) < 4.78 is 20.4. The largest absolute Gasteiger partial charge is 0.478 e. The van der Waals surface area contributed by atoms with Crippen LogP contribution in [0.1, 0.15) is 71.7 Å². The van der Waals surface area contributed by atoms with Gasteiger partial charge < -0.3 is 34.8 Å². The summed E-state index contributed by atoms with van der Waals surface area (Å²) in [5.41, 5.74) is 0.275. The number of aliphatic carboxylic acids is 2. The van der Waals surface area contributed by atoms with Gasteiger partial charge >= 0.3 is 11.9 Å². The van der Waals surface area contributed by atoms with Crippen molar-refractivity contribution >= 4 is 23.7 Å². The molecule has 2 fully saturated rings. The second-order valence-electron chi connectivity index (χ2n) is 13.8. The third-order valence-electron chi connectivity index (χ3n) is 9.47. The van der Waals surface area contributed by atoms with Gasteiger partial charge in [-0.3, -0.25) is 9.69 Å². The first-order valence-corrected chi connectivity index (χ1v) is 17.6. The van der Waals surface area contributed by atoms with Crippen LogP contribution < -0.4 is 9.64 Å². The van der Waals surface area contributed by atoms with Gasteiger partial charge in [0.1, 0.15) is 17.9 Å². The van der Waals surface area contributed by atoms with Crippen molar-refractivity contribution in [3.8, 4) is 11.6 Å². The molecule has 51 heavy (non-hydrogen) atoms. The van der Waals surface area contributed by atoms with E-state index in [0.29, 0.717) is 43.0 Å². The van der Waals surface area contributed by atoms with E-state index in [1.165, 1.54) is 24.5 Å². The van der Waals surface area contributed by atoms with E-state index >= 15 is 0 Å². The second kappa shape index (κ2) is 18.9.